The second kappa shape index (κ2) is 6.01. The van der Waals surface area contributed by atoms with Crippen molar-refractivity contribution in [1.82, 2.24) is 5.32 Å². The smallest absolute Gasteiger partial charge is 0.167 e. The number of hydrogen-bond acceptors (Lipinski definition) is 3. The molecular formula is C15H23NO2. The first-order chi connectivity index (χ1) is 8.33. The molecule has 0 saturated carbocycles. The Morgan fingerprint density at radius 2 is 2.00 bits per heavy atom. The maximum absolute atomic E-state index is 12.1. The molecule has 0 radical (unpaired) electrons. The molecule has 1 aromatic carbocycles. The number of carbonyl (C=O) groups excluding carboxylic acids is 1. The Bertz CT molecular complexity index is 419. The molecule has 0 aliphatic heterocycles. The molecule has 0 bridgehead atoms. The lowest BCUT2D eigenvalue weighted by Crippen LogP contribution is -2.37. The topological polar surface area (TPSA) is 38.3 Å². The minimum atomic E-state index is 0.0387. The van der Waals surface area contributed by atoms with E-state index in [1.54, 1.807) is 7.11 Å². The van der Waals surface area contributed by atoms with Crippen LogP contribution in [0.25, 0.3) is 0 Å². The van der Waals surface area contributed by atoms with Crippen LogP contribution in [0, 0.1) is 6.92 Å². The fourth-order valence-corrected chi connectivity index (χ4v) is 1.73. The molecule has 3 heteroatoms. The Kier molecular flexibility index (Phi) is 4.91. The zero-order valence-electron chi connectivity index (χ0n) is 12.0. The van der Waals surface area contributed by atoms with Gasteiger partial charge in [-0.2, -0.15) is 0 Å². The minimum Gasteiger partial charge on any atom is -0.496 e. The molecular weight excluding hydrogens is 226 g/mol. The average Bonchev–Trinajstić information content (AvgIpc) is 2.27. The Morgan fingerprint density at radius 1 is 1.33 bits per heavy atom. The molecule has 0 aliphatic carbocycles. The fourth-order valence-electron chi connectivity index (χ4n) is 1.73. The molecule has 0 spiro atoms. The zero-order valence-corrected chi connectivity index (χ0v) is 12.0. The van der Waals surface area contributed by atoms with Crippen LogP contribution in [0.1, 0.15) is 43.1 Å². The van der Waals surface area contributed by atoms with Gasteiger partial charge in [0, 0.05) is 18.5 Å². The number of benzene rings is 1. The van der Waals surface area contributed by atoms with Gasteiger partial charge in [-0.1, -0.05) is 11.6 Å². The van der Waals surface area contributed by atoms with Gasteiger partial charge in [0.2, 0.25) is 0 Å². The van der Waals surface area contributed by atoms with Gasteiger partial charge in [-0.05, 0) is 39.8 Å². The van der Waals surface area contributed by atoms with Gasteiger partial charge in [0.25, 0.3) is 0 Å². The normalized spacial score (nSPS) is 11.4. The minimum absolute atomic E-state index is 0.0387. The zero-order chi connectivity index (χ0) is 13.8. The molecule has 0 aliphatic rings. The van der Waals surface area contributed by atoms with Crippen molar-refractivity contribution in [2.45, 2.75) is 39.7 Å². The highest BCUT2D eigenvalue weighted by atomic mass is 16.5. The van der Waals surface area contributed by atoms with Crippen LogP contribution in [0.15, 0.2) is 18.2 Å². The maximum atomic E-state index is 12.1. The Balaban J connectivity index is 2.69. The van der Waals surface area contributed by atoms with E-state index >= 15 is 0 Å². The molecule has 3 nitrogen and oxygen atoms in total. The highest BCUT2D eigenvalue weighted by Crippen LogP contribution is 2.21. The Morgan fingerprint density at radius 3 is 2.56 bits per heavy atom. The number of rotatable bonds is 5. The standard InChI is InChI=1S/C15H23NO2/c1-11-6-7-14(18-5)12(10-11)13(17)8-9-16-15(2,3)4/h6-7,10,16H,8-9H2,1-5H3. The quantitative estimate of drug-likeness (QED) is 0.815. The molecule has 0 unspecified atom stereocenters. The maximum Gasteiger partial charge on any atom is 0.167 e. The number of ether oxygens (including phenoxy) is 1. The van der Waals surface area contributed by atoms with Crippen LogP contribution in [0.5, 0.6) is 5.75 Å². The van der Waals surface area contributed by atoms with Crippen molar-refractivity contribution in [1.29, 1.82) is 0 Å². The van der Waals surface area contributed by atoms with Crippen LogP contribution in [0.4, 0.5) is 0 Å². The van der Waals surface area contributed by atoms with Crippen LogP contribution >= 0.6 is 0 Å². The van der Waals surface area contributed by atoms with E-state index < -0.39 is 0 Å². The summed E-state index contributed by atoms with van der Waals surface area (Å²) in [5, 5.41) is 3.31. The third-order valence-corrected chi connectivity index (χ3v) is 2.66. The lowest BCUT2D eigenvalue weighted by Gasteiger charge is -2.20. The van der Waals surface area contributed by atoms with E-state index in [-0.39, 0.29) is 11.3 Å². The van der Waals surface area contributed by atoms with Crippen molar-refractivity contribution in [2.75, 3.05) is 13.7 Å². The van der Waals surface area contributed by atoms with Crippen LogP contribution < -0.4 is 10.1 Å². The number of methoxy groups -OCH3 is 1. The van der Waals surface area contributed by atoms with Crippen LogP contribution in [-0.4, -0.2) is 25.0 Å². The number of hydrogen-bond donors (Lipinski definition) is 1. The van der Waals surface area contributed by atoms with Crippen molar-refractivity contribution in [3.8, 4) is 5.75 Å². The van der Waals surface area contributed by atoms with Gasteiger partial charge in [0.1, 0.15) is 5.75 Å². The molecule has 0 heterocycles. The molecule has 0 fully saturated rings. The van der Waals surface area contributed by atoms with Gasteiger partial charge in [-0.25, -0.2) is 0 Å². The van der Waals surface area contributed by atoms with E-state index in [0.29, 0.717) is 24.3 Å². The summed E-state index contributed by atoms with van der Waals surface area (Å²) in [7, 11) is 1.59. The molecule has 0 amide bonds. The van der Waals surface area contributed by atoms with Gasteiger partial charge >= 0.3 is 0 Å². The lowest BCUT2D eigenvalue weighted by atomic mass is 10.0. The first-order valence-electron chi connectivity index (χ1n) is 6.26. The molecule has 1 rings (SSSR count). The Labute approximate surface area is 110 Å². The molecule has 1 aromatic rings. The number of Topliss-reactive ketones (excluding diaryl/α,β-unsaturated/α-hetero) is 1. The van der Waals surface area contributed by atoms with Crippen molar-refractivity contribution >= 4 is 5.78 Å². The van der Waals surface area contributed by atoms with Crippen LogP contribution in [-0.2, 0) is 0 Å². The second-order valence-electron chi connectivity index (χ2n) is 5.55. The predicted octanol–water partition coefficient (Wildman–Crippen LogP) is 2.96. The van der Waals surface area contributed by atoms with Crippen molar-refractivity contribution < 1.29 is 9.53 Å². The van der Waals surface area contributed by atoms with E-state index in [9.17, 15) is 4.79 Å². The van der Waals surface area contributed by atoms with Gasteiger partial charge < -0.3 is 10.1 Å². The predicted molar refractivity (Wildman–Crippen MR) is 74.4 cm³/mol. The van der Waals surface area contributed by atoms with E-state index in [2.05, 4.69) is 26.1 Å². The van der Waals surface area contributed by atoms with E-state index in [0.717, 1.165) is 5.56 Å². The monoisotopic (exact) mass is 249 g/mol. The van der Waals surface area contributed by atoms with Crippen molar-refractivity contribution in [3.05, 3.63) is 29.3 Å². The van der Waals surface area contributed by atoms with Gasteiger partial charge in [-0.3, -0.25) is 4.79 Å². The lowest BCUT2D eigenvalue weighted by molar-refractivity contribution is 0.0977. The number of aryl methyl sites for hydroxylation is 1. The van der Waals surface area contributed by atoms with Gasteiger partial charge in [0.05, 0.1) is 12.7 Å². The molecule has 18 heavy (non-hydrogen) atoms. The summed E-state index contributed by atoms with van der Waals surface area (Å²) in [5.74, 6) is 0.772. The summed E-state index contributed by atoms with van der Waals surface area (Å²) in [6.45, 7) is 8.92. The number of carbonyl (C=O) groups is 1. The van der Waals surface area contributed by atoms with Crippen molar-refractivity contribution in [2.24, 2.45) is 0 Å². The average molecular weight is 249 g/mol. The summed E-state index contributed by atoms with van der Waals surface area (Å²) in [4.78, 5) is 12.1. The Hall–Kier alpha value is -1.35. The fraction of sp³-hybridized carbons (Fsp3) is 0.533. The van der Waals surface area contributed by atoms with E-state index in [4.69, 9.17) is 4.74 Å². The summed E-state index contributed by atoms with van der Waals surface area (Å²) in [6.07, 6.45) is 0.483. The van der Waals surface area contributed by atoms with Crippen LogP contribution in [0.3, 0.4) is 0 Å². The first-order valence-corrected chi connectivity index (χ1v) is 6.26. The number of ketones is 1. The summed E-state index contributed by atoms with van der Waals surface area (Å²) >= 11 is 0. The number of nitrogens with one attached hydrogen (secondary N) is 1. The van der Waals surface area contributed by atoms with E-state index in [1.165, 1.54) is 0 Å². The SMILES string of the molecule is COc1ccc(C)cc1C(=O)CCNC(C)(C)C. The van der Waals surface area contributed by atoms with E-state index in [1.807, 2.05) is 25.1 Å². The molecule has 100 valence electrons. The second-order valence-corrected chi connectivity index (χ2v) is 5.55. The van der Waals surface area contributed by atoms with Crippen molar-refractivity contribution in [3.63, 3.8) is 0 Å². The third kappa shape index (κ3) is 4.49. The summed E-state index contributed by atoms with van der Waals surface area (Å²) < 4.78 is 5.23. The summed E-state index contributed by atoms with van der Waals surface area (Å²) in [6, 6.07) is 5.68. The molecule has 0 atom stereocenters. The highest BCUT2D eigenvalue weighted by Gasteiger charge is 2.14. The molecule has 0 aromatic heterocycles. The molecule has 0 saturated heterocycles. The largest absolute Gasteiger partial charge is 0.496 e. The third-order valence-electron chi connectivity index (χ3n) is 2.66. The highest BCUT2D eigenvalue weighted by molar-refractivity contribution is 5.99. The molecule has 1 N–H and O–H groups in total. The summed E-state index contributed by atoms with van der Waals surface area (Å²) in [5.41, 5.74) is 1.79. The van der Waals surface area contributed by atoms with Gasteiger partial charge in [0.15, 0.2) is 5.78 Å². The first kappa shape index (κ1) is 14.7. The van der Waals surface area contributed by atoms with Crippen LogP contribution in [0.2, 0.25) is 0 Å². The van der Waals surface area contributed by atoms with Gasteiger partial charge in [-0.15, -0.1) is 0 Å².